The van der Waals surface area contributed by atoms with E-state index in [0.717, 1.165) is 5.56 Å². The van der Waals surface area contributed by atoms with E-state index < -0.39 is 18.1 Å². The summed E-state index contributed by atoms with van der Waals surface area (Å²) in [6, 6.07) is 8.26. The van der Waals surface area contributed by atoms with Crippen molar-refractivity contribution in [1.82, 2.24) is 10.2 Å². The third-order valence-corrected chi connectivity index (χ3v) is 2.67. The molecule has 0 aliphatic rings. The number of benzene rings is 1. The molecule has 0 saturated heterocycles. The van der Waals surface area contributed by atoms with Crippen LogP contribution in [0.15, 0.2) is 30.3 Å². The first-order valence-electron chi connectivity index (χ1n) is 6.34. The molecule has 1 aromatic carbocycles. The number of nitrogens with zero attached hydrogens (tertiary/aromatic N) is 1. The van der Waals surface area contributed by atoms with Crippen molar-refractivity contribution in [1.29, 1.82) is 0 Å². The van der Waals surface area contributed by atoms with Crippen molar-refractivity contribution in [3.05, 3.63) is 35.9 Å². The largest absolute Gasteiger partial charge is 0.480 e. The number of rotatable bonds is 7. The van der Waals surface area contributed by atoms with Gasteiger partial charge in [-0.05, 0) is 26.1 Å². The number of alkyl carbamates (subject to hydrolysis) is 1. The van der Waals surface area contributed by atoms with Gasteiger partial charge in [-0.2, -0.15) is 0 Å². The van der Waals surface area contributed by atoms with Crippen molar-refractivity contribution < 1.29 is 19.4 Å². The molecule has 0 saturated carbocycles. The van der Waals surface area contributed by atoms with Crippen LogP contribution < -0.4 is 5.32 Å². The molecule has 1 atom stereocenters. The maximum absolute atomic E-state index is 11.6. The second-order valence-corrected chi connectivity index (χ2v) is 4.69. The van der Waals surface area contributed by atoms with Crippen LogP contribution in [0.5, 0.6) is 0 Å². The van der Waals surface area contributed by atoms with Gasteiger partial charge in [0.2, 0.25) is 0 Å². The molecular formula is C14H20N2O4. The standard InChI is InChI=1S/C14H20N2O4/c1-16(2)9-8-12(13(17)18)15-14(19)20-10-11-6-4-3-5-7-11/h3-7,12H,8-10H2,1-2H3,(H,15,19)(H,17,18). The Morgan fingerprint density at radius 1 is 1.30 bits per heavy atom. The maximum atomic E-state index is 11.6. The van der Waals surface area contributed by atoms with Crippen molar-refractivity contribution >= 4 is 12.1 Å². The number of hydrogen-bond acceptors (Lipinski definition) is 4. The molecule has 0 fully saturated rings. The van der Waals surface area contributed by atoms with Gasteiger partial charge in [0.1, 0.15) is 12.6 Å². The number of carboxylic acids is 1. The lowest BCUT2D eigenvalue weighted by Gasteiger charge is -2.17. The number of hydrogen-bond donors (Lipinski definition) is 2. The van der Waals surface area contributed by atoms with Crippen LogP contribution in [0.4, 0.5) is 4.79 Å². The maximum Gasteiger partial charge on any atom is 0.408 e. The third-order valence-electron chi connectivity index (χ3n) is 2.67. The van der Waals surface area contributed by atoms with Gasteiger partial charge in [0.25, 0.3) is 0 Å². The molecule has 0 spiro atoms. The molecule has 0 aliphatic carbocycles. The van der Waals surface area contributed by atoms with Crippen LogP contribution in [0.2, 0.25) is 0 Å². The average molecular weight is 280 g/mol. The zero-order valence-electron chi connectivity index (χ0n) is 11.7. The van der Waals surface area contributed by atoms with Gasteiger partial charge < -0.3 is 20.1 Å². The molecule has 6 heteroatoms. The van der Waals surface area contributed by atoms with E-state index in [-0.39, 0.29) is 6.61 Å². The second-order valence-electron chi connectivity index (χ2n) is 4.69. The van der Waals surface area contributed by atoms with Gasteiger partial charge in [0.05, 0.1) is 0 Å². The molecule has 0 heterocycles. The van der Waals surface area contributed by atoms with Crippen LogP contribution in [0.25, 0.3) is 0 Å². The van der Waals surface area contributed by atoms with E-state index in [1.54, 1.807) is 0 Å². The van der Waals surface area contributed by atoms with Gasteiger partial charge >= 0.3 is 12.1 Å². The number of nitrogens with one attached hydrogen (secondary N) is 1. The van der Waals surface area contributed by atoms with Crippen LogP contribution in [0.1, 0.15) is 12.0 Å². The highest BCUT2D eigenvalue weighted by molar-refractivity contribution is 5.79. The summed E-state index contributed by atoms with van der Waals surface area (Å²) >= 11 is 0. The monoisotopic (exact) mass is 280 g/mol. The van der Waals surface area contributed by atoms with Crippen LogP contribution >= 0.6 is 0 Å². The van der Waals surface area contributed by atoms with Crippen molar-refractivity contribution in [2.75, 3.05) is 20.6 Å². The normalized spacial score (nSPS) is 11.9. The summed E-state index contributed by atoms with van der Waals surface area (Å²) in [6.07, 6.45) is -0.400. The highest BCUT2D eigenvalue weighted by atomic mass is 16.5. The molecule has 1 rings (SSSR count). The van der Waals surface area contributed by atoms with E-state index in [4.69, 9.17) is 9.84 Å². The fraction of sp³-hybridized carbons (Fsp3) is 0.429. The van der Waals surface area contributed by atoms with Crippen LogP contribution in [0, 0.1) is 0 Å². The summed E-state index contributed by atoms with van der Waals surface area (Å²) < 4.78 is 4.99. The van der Waals surface area contributed by atoms with E-state index >= 15 is 0 Å². The van der Waals surface area contributed by atoms with Gasteiger partial charge in [-0.15, -0.1) is 0 Å². The highest BCUT2D eigenvalue weighted by Gasteiger charge is 2.20. The zero-order chi connectivity index (χ0) is 15.0. The predicted octanol–water partition coefficient (Wildman–Crippen LogP) is 1.32. The molecule has 0 aromatic heterocycles. The molecule has 0 radical (unpaired) electrons. The Morgan fingerprint density at radius 2 is 1.95 bits per heavy atom. The lowest BCUT2D eigenvalue weighted by atomic mass is 10.2. The van der Waals surface area contributed by atoms with E-state index in [1.165, 1.54) is 0 Å². The Balaban J connectivity index is 2.40. The van der Waals surface area contributed by atoms with Crippen LogP contribution in [-0.4, -0.2) is 48.8 Å². The molecule has 0 aliphatic heterocycles. The van der Waals surface area contributed by atoms with E-state index in [0.29, 0.717) is 13.0 Å². The molecule has 20 heavy (non-hydrogen) atoms. The first-order chi connectivity index (χ1) is 9.49. The van der Waals surface area contributed by atoms with Gasteiger partial charge in [-0.25, -0.2) is 9.59 Å². The molecule has 2 N–H and O–H groups in total. The lowest BCUT2D eigenvalue weighted by molar-refractivity contribution is -0.139. The van der Waals surface area contributed by atoms with Crippen LogP contribution in [0.3, 0.4) is 0 Å². The number of amides is 1. The molecule has 6 nitrogen and oxygen atoms in total. The van der Waals surface area contributed by atoms with Crippen molar-refractivity contribution in [3.63, 3.8) is 0 Å². The van der Waals surface area contributed by atoms with Crippen molar-refractivity contribution in [2.24, 2.45) is 0 Å². The number of carbonyl (C=O) groups excluding carboxylic acids is 1. The third kappa shape index (κ3) is 6.19. The average Bonchev–Trinajstić information content (AvgIpc) is 2.41. The Hall–Kier alpha value is -2.08. The molecule has 1 aromatic rings. The summed E-state index contributed by atoms with van der Waals surface area (Å²) in [6.45, 7) is 0.683. The van der Waals surface area contributed by atoms with E-state index in [2.05, 4.69) is 5.32 Å². The van der Waals surface area contributed by atoms with Crippen molar-refractivity contribution in [3.8, 4) is 0 Å². The molecule has 110 valence electrons. The summed E-state index contributed by atoms with van der Waals surface area (Å²) in [4.78, 5) is 24.5. The van der Waals surface area contributed by atoms with Gasteiger partial charge in [0.15, 0.2) is 0 Å². The first kappa shape index (κ1) is 16.0. The Morgan fingerprint density at radius 3 is 2.50 bits per heavy atom. The molecule has 0 bridgehead atoms. The number of aliphatic carboxylic acids is 1. The van der Waals surface area contributed by atoms with E-state index in [1.807, 2.05) is 49.3 Å². The summed E-state index contributed by atoms with van der Waals surface area (Å²) in [5.74, 6) is -1.07. The molecule has 1 unspecified atom stereocenters. The fourth-order valence-electron chi connectivity index (χ4n) is 1.55. The molecular weight excluding hydrogens is 260 g/mol. The van der Waals surface area contributed by atoms with E-state index in [9.17, 15) is 9.59 Å². The van der Waals surface area contributed by atoms with Crippen molar-refractivity contribution in [2.45, 2.75) is 19.1 Å². The summed E-state index contributed by atoms with van der Waals surface area (Å²) in [5, 5.41) is 11.4. The molecule has 1 amide bonds. The minimum Gasteiger partial charge on any atom is -0.480 e. The lowest BCUT2D eigenvalue weighted by Crippen LogP contribution is -2.42. The fourth-order valence-corrected chi connectivity index (χ4v) is 1.55. The Labute approximate surface area is 118 Å². The SMILES string of the molecule is CN(C)CCC(NC(=O)OCc1ccccc1)C(=O)O. The quantitative estimate of drug-likeness (QED) is 0.787. The summed E-state index contributed by atoms with van der Waals surface area (Å²) in [5.41, 5.74) is 0.850. The Bertz CT molecular complexity index is 434. The second kappa shape index (κ2) is 8.16. The number of carbonyl (C=O) groups is 2. The van der Waals surface area contributed by atoms with Gasteiger partial charge in [-0.3, -0.25) is 0 Å². The number of ether oxygens (including phenoxy) is 1. The smallest absolute Gasteiger partial charge is 0.408 e. The Kier molecular flexibility index (Phi) is 6.52. The highest BCUT2D eigenvalue weighted by Crippen LogP contribution is 2.01. The van der Waals surface area contributed by atoms with Gasteiger partial charge in [0, 0.05) is 6.54 Å². The predicted molar refractivity (Wildman–Crippen MR) is 74.4 cm³/mol. The summed E-state index contributed by atoms with van der Waals surface area (Å²) in [7, 11) is 3.68. The topological polar surface area (TPSA) is 78.9 Å². The minimum atomic E-state index is -1.07. The minimum absolute atomic E-state index is 0.118. The zero-order valence-corrected chi connectivity index (χ0v) is 11.7. The van der Waals surface area contributed by atoms with Gasteiger partial charge in [-0.1, -0.05) is 30.3 Å². The number of carboxylic acid groups (broad SMARTS) is 1. The first-order valence-corrected chi connectivity index (χ1v) is 6.34. The van der Waals surface area contributed by atoms with Crippen LogP contribution in [-0.2, 0) is 16.1 Å².